The van der Waals surface area contributed by atoms with Crippen molar-refractivity contribution in [2.45, 2.75) is 221 Å². The molecular formula is C38H76O4. The second-order valence-corrected chi connectivity index (χ2v) is 13.5. The number of carboxylic acids is 1. The highest BCUT2D eigenvalue weighted by Crippen LogP contribution is 2.23. The van der Waals surface area contributed by atoms with Gasteiger partial charge in [-0.2, -0.15) is 0 Å². The number of esters is 1. The largest absolute Gasteiger partial charge is 0.481 e. The van der Waals surface area contributed by atoms with Crippen LogP contribution in [0.5, 0.6) is 0 Å². The number of unbranched alkanes of at least 4 members (excludes halogenated alkanes) is 22. The molecule has 1 N–H and O–H groups in total. The molecule has 0 saturated heterocycles. The van der Waals surface area contributed by atoms with Gasteiger partial charge >= 0.3 is 11.9 Å². The number of hydrogen-bond donors (Lipinski definition) is 1. The van der Waals surface area contributed by atoms with Gasteiger partial charge in [0.2, 0.25) is 0 Å². The lowest BCUT2D eigenvalue weighted by molar-refractivity contribution is -0.147. The van der Waals surface area contributed by atoms with Crippen LogP contribution in [0.2, 0.25) is 0 Å². The molecule has 42 heavy (non-hydrogen) atoms. The summed E-state index contributed by atoms with van der Waals surface area (Å²) in [5.74, 6) is 0.176. The van der Waals surface area contributed by atoms with Crippen molar-refractivity contribution in [2.75, 3.05) is 0 Å². The molecule has 0 aromatic carbocycles. The van der Waals surface area contributed by atoms with E-state index < -0.39 is 5.97 Å². The molecule has 1 atom stereocenters. The summed E-state index contributed by atoms with van der Waals surface area (Å²) in [6, 6.07) is 0. The SMILES string of the molecule is CCCCCCCCCCCCCC(CC(=O)O)C(C)C.CCCCCCCCCCCCCCCC(=O)OC(C)C. The zero-order valence-electron chi connectivity index (χ0n) is 29.5. The number of carbonyl (C=O) groups is 2. The van der Waals surface area contributed by atoms with Crippen molar-refractivity contribution in [2.24, 2.45) is 11.8 Å². The van der Waals surface area contributed by atoms with Crippen LogP contribution in [0.4, 0.5) is 0 Å². The summed E-state index contributed by atoms with van der Waals surface area (Å²) in [6.07, 6.45) is 34.3. The standard InChI is InChI=1S/2C19H38O2/c1-4-5-6-7-8-9-10-11-12-13-14-15-18(17(2)3)16-19(20)21;1-4-5-6-7-8-9-10-11-12-13-14-15-16-17-19(20)21-18(2)3/h17-18H,4-16H2,1-3H3,(H,20,21);18H,4-17H2,1-3H3. The smallest absolute Gasteiger partial charge is 0.306 e. The number of carbonyl (C=O) groups excluding carboxylic acids is 1. The maximum Gasteiger partial charge on any atom is 0.306 e. The van der Waals surface area contributed by atoms with E-state index in [2.05, 4.69) is 27.7 Å². The first-order chi connectivity index (χ1) is 20.2. The molecule has 0 rings (SSSR count). The zero-order chi connectivity index (χ0) is 31.7. The van der Waals surface area contributed by atoms with Crippen LogP contribution in [-0.2, 0) is 14.3 Å². The van der Waals surface area contributed by atoms with Crippen molar-refractivity contribution in [3.05, 3.63) is 0 Å². The summed E-state index contributed by atoms with van der Waals surface area (Å²) < 4.78 is 5.12. The van der Waals surface area contributed by atoms with E-state index in [4.69, 9.17) is 9.84 Å². The Kier molecular flexibility index (Phi) is 35.3. The average molecular weight is 597 g/mol. The molecule has 4 nitrogen and oxygen atoms in total. The summed E-state index contributed by atoms with van der Waals surface area (Å²) in [6.45, 7) is 12.6. The Hall–Kier alpha value is -1.06. The van der Waals surface area contributed by atoms with Crippen LogP contribution >= 0.6 is 0 Å². The molecule has 0 aliphatic rings. The molecule has 0 bridgehead atoms. The maximum atomic E-state index is 11.3. The molecule has 0 aromatic heterocycles. The Balaban J connectivity index is 0. The minimum Gasteiger partial charge on any atom is -0.481 e. The quantitative estimate of drug-likeness (QED) is 0.0661. The first-order valence-corrected chi connectivity index (χ1v) is 18.7. The fourth-order valence-electron chi connectivity index (χ4n) is 5.58. The normalized spacial score (nSPS) is 11.9. The topological polar surface area (TPSA) is 63.6 Å². The Bertz CT molecular complexity index is 557. The van der Waals surface area contributed by atoms with Crippen LogP contribution in [0, 0.1) is 11.8 Å². The molecule has 0 spiro atoms. The summed E-state index contributed by atoms with van der Waals surface area (Å²) >= 11 is 0. The zero-order valence-corrected chi connectivity index (χ0v) is 29.5. The summed E-state index contributed by atoms with van der Waals surface area (Å²) in [5.41, 5.74) is 0. The van der Waals surface area contributed by atoms with Crippen molar-refractivity contribution in [1.82, 2.24) is 0 Å². The molecule has 252 valence electrons. The summed E-state index contributed by atoms with van der Waals surface area (Å²) in [5, 5.41) is 8.91. The summed E-state index contributed by atoms with van der Waals surface area (Å²) in [4.78, 5) is 22.1. The van der Waals surface area contributed by atoms with Gasteiger partial charge in [-0.25, -0.2) is 0 Å². The van der Waals surface area contributed by atoms with Gasteiger partial charge in [-0.1, -0.05) is 175 Å². The molecule has 1 unspecified atom stereocenters. The van der Waals surface area contributed by atoms with E-state index in [1.165, 1.54) is 148 Å². The number of aliphatic carboxylic acids is 1. The fraction of sp³-hybridized carbons (Fsp3) is 0.947. The monoisotopic (exact) mass is 597 g/mol. The molecule has 0 saturated carbocycles. The van der Waals surface area contributed by atoms with Crippen LogP contribution < -0.4 is 0 Å². The first kappa shape index (κ1) is 43.1. The molecule has 0 fully saturated rings. The van der Waals surface area contributed by atoms with Crippen molar-refractivity contribution in [1.29, 1.82) is 0 Å². The Morgan fingerprint density at radius 3 is 1.17 bits per heavy atom. The van der Waals surface area contributed by atoms with Gasteiger partial charge in [-0.3, -0.25) is 9.59 Å². The lowest BCUT2D eigenvalue weighted by atomic mass is 9.87. The van der Waals surface area contributed by atoms with Crippen LogP contribution in [0.25, 0.3) is 0 Å². The molecular weight excluding hydrogens is 520 g/mol. The predicted octanol–water partition coefficient (Wildman–Crippen LogP) is 12.9. The van der Waals surface area contributed by atoms with Crippen LogP contribution in [0.15, 0.2) is 0 Å². The minimum absolute atomic E-state index is 0.0273. The molecule has 0 aliphatic carbocycles. The van der Waals surface area contributed by atoms with E-state index in [0.29, 0.717) is 24.7 Å². The Morgan fingerprint density at radius 1 is 0.524 bits per heavy atom. The highest BCUT2D eigenvalue weighted by atomic mass is 16.5. The third-order valence-corrected chi connectivity index (χ3v) is 8.41. The first-order valence-electron chi connectivity index (χ1n) is 18.7. The molecule has 0 radical (unpaired) electrons. The molecule has 0 aromatic rings. The van der Waals surface area contributed by atoms with Crippen LogP contribution in [-0.4, -0.2) is 23.1 Å². The van der Waals surface area contributed by atoms with Gasteiger partial charge in [0, 0.05) is 12.8 Å². The van der Waals surface area contributed by atoms with Crippen LogP contribution in [0.1, 0.15) is 215 Å². The fourth-order valence-corrected chi connectivity index (χ4v) is 5.58. The lowest BCUT2D eigenvalue weighted by Gasteiger charge is -2.18. The van der Waals surface area contributed by atoms with Gasteiger partial charge in [-0.15, -0.1) is 0 Å². The molecule has 0 aliphatic heterocycles. The Morgan fingerprint density at radius 2 is 0.857 bits per heavy atom. The molecule has 0 amide bonds. The van der Waals surface area contributed by atoms with E-state index in [1.807, 2.05) is 13.8 Å². The van der Waals surface area contributed by atoms with Gasteiger partial charge in [0.15, 0.2) is 0 Å². The van der Waals surface area contributed by atoms with Crippen molar-refractivity contribution in [3.63, 3.8) is 0 Å². The molecule has 0 heterocycles. The second-order valence-electron chi connectivity index (χ2n) is 13.5. The second kappa shape index (κ2) is 34.4. The third-order valence-electron chi connectivity index (χ3n) is 8.41. The van der Waals surface area contributed by atoms with Gasteiger partial charge < -0.3 is 9.84 Å². The van der Waals surface area contributed by atoms with Gasteiger partial charge in [0.05, 0.1) is 6.10 Å². The minimum atomic E-state index is -0.642. The van der Waals surface area contributed by atoms with Crippen molar-refractivity contribution in [3.8, 4) is 0 Å². The van der Waals surface area contributed by atoms with E-state index >= 15 is 0 Å². The van der Waals surface area contributed by atoms with E-state index in [1.54, 1.807) is 0 Å². The number of rotatable bonds is 30. The average Bonchev–Trinajstić information content (AvgIpc) is 2.93. The number of hydrogen-bond acceptors (Lipinski definition) is 3. The van der Waals surface area contributed by atoms with Gasteiger partial charge in [-0.05, 0) is 38.5 Å². The Labute approximate surface area is 263 Å². The van der Waals surface area contributed by atoms with Crippen molar-refractivity contribution < 1.29 is 19.4 Å². The predicted molar refractivity (Wildman–Crippen MR) is 183 cm³/mol. The van der Waals surface area contributed by atoms with E-state index in [9.17, 15) is 9.59 Å². The number of carboxylic acid groups (broad SMARTS) is 1. The van der Waals surface area contributed by atoms with Crippen molar-refractivity contribution >= 4 is 11.9 Å². The van der Waals surface area contributed by atoms with E-state index in [-0.39, 0.29) is 12.1 Å². The van der Waals surface area contributed by atoms with Gasteiger partial charge in [0.1, 0.15) is 0 Å². The third kappa shape index (κ3) is 37.0. The number of ether oxygens (including phenoxy) is 1. The molecule has 4 heteroatoms. The van der Waals surface area contributed by atoms with Crippen LogP contribution in [0.3, 0.4) is 0 Å². The van der Waals surface area contributed by atoms with E-state index in [0.717, 1.165) is 12.8 Å². The maximum absolute atomic E-state index is 11.3. The summed E-state index contributed by atoms with van der Waals surface area (Å²) in [7, 11) is 0. The van der Waals surface area contributed by atoms with Gasteiger partial charge in [0.25, 0.3) is 0 Å². The highest BCUT2D eigenvalue weighted by Gasteiger charge is 2.16. The highest BCUT2D eigenvalue weighted by molar-refractivity contribution is 5.69. The lowest BCUT2D eigenvalue weighted by Crippen LogP contribution is -2.13.